The van der Waals surface area contributed by atoms with Crippen molar-refractivity contribution in [3.8, 4) is 0 Å². The number of likely N-dealkylation sites (N-methyl/N-ethyl adjacent to an activating group) is 1. The van der Waals surface area contributed by atoms with Crippen LogP contribution in [-0.2, 0) is 0 Å². The summed E-state index contributed by atoms with van der Waals surface area (Å²) in [6.07, 6.45) is 1.02. The van der Waals surface area contributed by atoms with Crippen LogP contribution in [0, 0.1) is 0 Å². The topological polar surface area (TPSA) is 42.0 Å². The monoisotopic (exact) mass is 256 g/mol. The van der Waals surface area contributed by atoms with E-state index in [2.05, 4.69) is 27.1 Å². The minimum atomic E-state index is -0.202. The predicted octanol–water partition coefficient (Wildman–Crippen LogP) is -1.11. The van der Waals surface area contributed by atoms with E-state index in [-0.39, 0.29) is 6.10 Å². The Kier molecular flexibility index (Phi) is 5.85. The van der Waals surface area contributed by atoms with Crippen molar-refractivity contribution in [1.82, 2.24) is 20.0 Å². The summed E-state index contributed by atoms with van der Waals surface area (Å²) in [7, 11) is 2.18. The zero-order valence-corrected chi connectivity index (χ0v) is 11.6. The van der Waals surface area contributed by atoms with Gasteiger partial charge in [0.05, 0.1) is 6.10 Å². The number of piperazine rings is 1. The van der Waals surface area contributed by atoms with E-state index in [4.69, 9.17) is 0 Å². The van der Waals surface area contributed by atoms with Gasteiger partial charge in [0.2, 0.25) is 0 Å². The lowest BCUT2D eigenvalue weighted by Gasteiger charge is -2.31. The first-order valence-corrected chi connectivity index (χ1v) is 7.26. The minimum absolute atomic E-state index is 0.202. The van der Waals surface area contributed by atoms with Gasteiger partial charge in [-0.3, -0.25) is 9.80 Å². The van der Waals surface area contributed by atoms with Gasteiger partial charge >= 0.3 is 0 Å². The standard InChI is InChI=1S/C13H28N4O/c1-15-5-2-6-16(10-9-15)11-13(18)12-17-7-3-14-4-8-17/h13-14,18H,2-12H2,1H3. The van der Waals surface area contributed by atoms with E-state index in [0.717, 1.165) is 58.9 Å². The summed E-state index contributed by atoms with van der Waals surface area (Å²) < 4.78 is 0. The molecule has 106 valence electrons. The molecule has 0 radical (unpaired) electrons. The number of β-amino-alcohol motifs (C(OH)–C–C–N with tert-alkyl or cyclic N) is 1. The van der Waals surface area contributed by atoms with Crippen LogP contribution in [0.25, 0.3) is 0 Å². The normalized spacial score (nSPS) is 27.0. The molecule has 0 aliphatic carbocycles. The predicted molar refractivity (Wildman–Crippen MR) is 73.9 cm³/mol. The Balaban J connectivity index is 1.67. The highest BCUT2D eigenvalue weighted by molar-refractivity contribution is 4.75. The molecule has 1 atom stereocenters. The van der Waals surface area contributed by atoms with E-state index in [1.807, 2.05) is 0 Å². The average Bonchev–Trinajstić information content (AvgIpc) is 2.56. The Hall–Kier alpha value is -0.200. The van der Waals surface area contributed by atoms with Crippen molar-refractivity contribution in [2.75, 3.05) is 72.5 Å². The molecule has 0 bridgehead atoms. The molecule has 5 nitrogen and oxygen atoms in total. The molecule has 0 amide bonds. The number of rotatable bonds is 4. The fraction of sp³-hybridized carbons (Fsp3) is 1.00. The molecule has 2 aliphatic rings. The average molecular weight is 256 g/mol. The molecule has 1 unspecified atom stereocenters. The molecule has 2 fully saturated rings. The molecular formula is C13H28N4O. The summed E-state index contributed by atoms with van der Waals surface area (Å²) in [5.41, 5.74) is 0. The molecule has 18 heavy (non-hydrogen) atoms. The molecule has 0 spiro atoms. The lowest BCUT2D eigenvalue weighted by Crippen LogP contribution is -2.48. The largest absolute Gasteiger partial charge is 0.390 e. The van der Waals surface area contributed by atoms with Crippen molar-refractivity contribution in [3.63, 3.8) is 0 Å². The van der Waals surface area contributed by atoms with E-state index in [1.54, 1.807) is 0 Å². The number of nitrogens with one attached hydrogen (secondary N) is 1. The number of aliphatic hydroxyl groups is 1. The van der Waals surface area contributed by atoms with Crippen LogP contribution in [0.5, 0.6) is 0 Å². The van der Waals surface area contributed by atoms with E-state index < -0.39 is 0 Å². The van der Waals surface area contributed by atoms with Gasteiger partial charge in [0.25, 0.3) is 0 Å². The van der Waals surface area contributed by atoms with Crippen LogP contribution in [0.4, 0.5) is 0 Å². The smallest absolute Gasteiger partial charge is 0.0793 e. The van der Waals surface area contributed by atoms with Crippen molar-refractivity contribution in [3.05, 3.63) is 0 Å². The Bertz CT molecular complexity index is 233. The second kappa shape index (κ2) is 7.40. The first-order chi connectivity index (χ1) is 8.74. The van der Waals surface area contributed by atoms with Crippen molar-refractivity contribution in [1.29, 1.82) is 0 Å². The minimum Gasteiger partial charge on any atom is -0.390 e. The number of aliphatic hydroxyl groups excluding tert-OH is 1. The molecule has 2 saturated heterocycles. The highest BCUT2D eigenvalue weighted by Crippen LogP contribution is 2.03. The van der Waals surface area contributed by atoms with Crippen LogP contribution in [0.2, 0.25) is 0 Å². The quantitative estimate of drug-likeness (QED) is 0.668. The van der Waals surface area contributed by atoms with Crippen LogP contribution < -0.4 is 5.32 Å². The molecule has 5 heteroatoms. The summed E-state index contributed by atoms with van der Waals surface area (Å²) in [6.45, 7) is 10.4. The van der Waals surface area contributed by atoms with Gasteiger partial charge in [-0.05, 0) is 26.6 Å². The molecule has 0 aromatic carbocycles. The van der Waals surface area contributed by atoms with E-state index in [9.17, 15) is 5.11 Å². The van der Waals surface area contributed by atoms with Crippen LogP contribution in [0.1, 0.15) is 6.42 Å². The molecule has 2 aliphatic heterocycles. The molecule has 2 rings (SSSR count). The second-order valence-electron chi connectivity index (χ2n) is 5.66. The third-order valence-corrected chi connectivity index (χ3v) is 3.96. The molecule has 0 saturated carbocycles. The van der Waals surface area contributed by atoms with Gasteiger partial charge in [0.1, 0.15) is 0 Å². The Labute approximate surface area is 111 Å². The van der Waals surface area contributed by atoms with Gasteiger partial charge in [0, 0.05) is 52.4 Å². The van der Waals surface area contributed by atoms with Crippen LogP contribution in [-0.4, -0.2) is 98.4 Å². The third kappa shape index (κ3) is 4.82. The SMILES string of the molecule is CN1CCCN(CC(O)CN2CCNCC2)CC1. The van der Waals surface area contributed by atoms with E-state index in [1.165, 1.54) is 13.0 Å². The molecule has 0 aromatic heterocycles. The zero-order chi connectivity index (χ0) is 12.8. The van der Waals surface area contributed by atoms with E-state index in [0.29, 0.717) is 0 Å². The zero-order valence-electron chi connectivity index (χ0n) is 11.6. The van der Waals surface area contributed by atoms with Gasteiger partial charge in [-0.2, -0.15) is 0 Å². The molecular weight excluding hydrogens is 228 g/mol. The maximum Gasteiger partial charge on any atom is 0.0793 e. The maximum atomic E-state index is 10.2. The lowest BCUT2D eigenvalue weighted by molar-refractivity contribution is 0.0707. The maximum absolute atomic E-state index is 10.2. The first-order valence-electron chi connectivity index (χ1n) is 7.26. The van der Waals surface area contributed by atoms with Crippen LogP contribution >= 0.6 is 0 Å². The fourth-order valence-electron chi connectivity index (χ4n) is 2.83. The number of hydrogen-bond donors (Lipinski definition) is 2. The first kappa shape index (κ1) is 14.2. The van der Waals surface area contributed by atoms with Crippen molar-refractivity contribution < 1.29 is 5.11 Å². The molecule has 0 aromatic rings. The Morgan fingerprint density at radius 2 is 1.61 bits per heavy atom. The summed E-state index contributed by atoms with van der Waals surface area (Å²) >= 11 is 0. The molecule has 2 N–H and O–H groups in total. The number of nitrogens with zero attached hydrogens (tertiary/aromatic N) is 3. The van der Waals surface area contributed by atoms with E-state index >= 15 is 0 Å². The van der Waals surface area contributed by atoms with Crippen LogP contribution in [0.15, 0.2) is 0 Å². The Morgan fingerprint density at radius 1 is 0.944 bits per heavy atom. The van der Waals surface area contributed by atoms with Gasteiger partial charge < -0.3 is 15.3 Å². The third-order valence-electron chi connectivity index (χ3n) is 3.96. The van der Waals surface area contributed by atoms with Crippen molar-refractivity contribution in [2.45, 2.75) is 12.5 Å². The van der Waals surface area contributed by atoms with Crippen molar-refractivity contribution in [2.24, 2.45) is 0 Å². The van der Waals surface area contributed by atoms with Crippen molar-refractivity contribution >= 4 is 0 Å². The van der Waals surface area contributed by atoms with Gasteiger partial charge in [-0.25, -0.2) is 0 Å². The van der Waals surface area contributed by atoms with Crippen LogP contribution in [0.3, 0.4) is 0 Å². The highest BCUT2D eigenvalue weighted by atomic mass is 16.3. The summed E-state index contributed by atoms with van der Waals surface area (Å²) in [5, 5.41) is 13.5. The lowest BCUT2D eigenvalue weighted by atomic mass is 10.2. The summed E-state index contributed by atoms with van der Waals surface area (Å²) in [6, 6.07) is 0. The fourth-order valence-corrected chi connectivity index (χ4v) is 2.83. The number of hydrogen-bond acceptors (Lipinski definition) is 5. The van der Waals surface area contributed by atoms with Gasteiger partial charge in [0.15, 0.2) is 0 Å². The second-order valence-corrected chi connectivity index (χ2v) is 5.66. The highest BCUT2D eigenvalue weighted by Gasteiger charge is 2.18. The Morgan fingerprint density at radius 3 is 2.33 bits per heavy atom. The van der Waals surface area contributed by atoms with Gasteiger partial charge in [-0.15, -0.1) is 0 Å². The summed E-state index contributed by atoms with van der Waals surface area (Å²) in [4.78, 5) is 7.16. The summed E-state index contributed by atoms with van der Waals surface area (Å²) in [5.74, 6) is 0. The molecule has 2 heterocycles. The van der Waals surface area contributed by atoms with Gasteiger partial charge in [-0.1, -0.05) is 0 Å².